The highest BCUT2D eigenvalue weighted by molar-refractivity contribution is 5.09. The second-order valence-corrected chi connectivity index (χ2v) is 4.79. The van der Waals surface area contributed by atoms with Crippen molar-refractivity contribution in [3.05, 3.63) is 17.5 Å². The van der Waals surface area contributed by atoms with Crippen LogP contribution in [0.2, 0.25) is 0 Å². The van der Waals surface area contributed by atoms with Crippen molar-refractivity contribution in [2.45, 2.75) is 32.7 Å². The summed E-state index contributed by atoms with van der Waals surface area (Å²) in [4.78, 5) is 2.23. The van der Waals surface area contributed by atoms with Gasteiger partial charge in [0.2, 0.25) is 0 Å². The van der Waals surface area contributed by atoms with Gasteiger partial charge in [0.05, 0.1) is 11.4 Å². The van der Waals surface area contributed by atoms with Gasteiger partial charge in [0, 0.05) is 13.6 Å². The highest BCUT2D eigenvalue weighted by Crippen LogP contribution is 2.03. The second kappa shape index (κ2) is 7.45. The van der Waals surface area contributed by atoms with Gasteiger partial charge in [0.25, 0.3) is 0 Å². The Morgan fingerprint density at radius 3 is 2.71 bits per heavy atom. The molecule has 1 N–H and O–H groups in total. The normalized spacial score (nSPS) is 11.4. The number of nitrogens with zero attached hydrogens (tertiary/aromatic N) is 3. The molecule has 1 aromatic rings. The van der Waals surface area contributed by atoms with Gasteiger partial charge < -0.3 is 10.2 Å². The fourth-order valence-electron chi connectivity index (χ4n) is 1.80. The summed E-state index contributed by atoms with van der Waals surface area (Å²) in [6.45, 7) is 5.32. The van der Waals surface area contributed by atoms with Crippen molar-refractivity contribution in [2.75, 3.05) is 27.2 Å². The Bertz CT molecular complexity index is 317. The third kappa shape index (κ3) is 5.33. The van der Waals surface area contributed by atoms with Gasteiger partial charge in [-0.1, -0.05) is 6.92 Å². The molecular weight excluding hydrogens is 212 g/mol. The molecule has 0 aliphatic rings. The quantitative estimate of drug-likeness (QED) is 0.695. The third-order valence-electron chi connectivity index (χ3n) is 2.90. The first-order valence-electron chi connectivity index (χ1n) is 6.50. The summed E-state index contributed by atoms with van der Waals surface area (Å²) >= 11 is 0. The van der Waals surface area contributed by atoms with E-state index in [1.807, 2.05) is 11.7 Å². The van der Waals surface area contributed by atoms with Crippen molar-refractivity contribution >= 4 is 0 Å². The predicted octanol–water partition coefficient (Wildman–Crippen LogP) is 1.41. The predicted molar refractivity (Wildman–Crippen MR) is 72.1 cm³/mol. The van der Waals surface area contributed by atoms with Gasteiger partial charge in [-0.2, -0.15) is 5.10 Å². The van der Waals surface area contributed by atoms with Crippen LogP contribution in [0.5, 0.6) is 0 Å². The van der Waals surface area contributed by atoms with Crippen molar-refractivity contribution < 1.29 is 0 Å². The summed E-state index contributed by atoms with van der Waals surface area (Å²) in [7, 11) is 6.26. The first-order chi connectivity index (χ1) is 8.13. The fourth-order valence-corrected chi connectivity index (χ4v) is 1.80. The van der Waals surface area contributed by atoms with Gasteiger partial charge in [0.15, 0.2) is 0 Å². The molecule has 0 bridgehead atoms. The molecule has 0 saturated carbocycles. The van der Waals surface area contributed by atoms with Gasteiger partial charge in [-0.3, -0.25) is 4.68 Å². The van der Waals surface area contributed by atoms with E-state index in [4.69, 9.17) is 0 Å². The molecule has 0 unspecified atom stereocenters. The molecule has 0 saturated heterocycles. The summed E-state index contributed by atoms with van der Waals surface area (Å²) < 4.78 is 1.98. The zero-order valence-electron chi connectivity index (χ0n) is 11.7. The maximum absolute atomic E-state index is 4.44. The molecule has 1 heterocycles. The van der Waals surface area contributed by atoms with Crippen molar-refractivity contribution in [2.24, 2.45) is 7.05 Å². The topological polar surface area (TPSA) is 33.1 Å². The molecule has 0 radical (unpaired) electrons. The monoisotopic (exact) mass is 238 g/mol. The van der Waals surface area contributed by atoms with E-state index in [1.165, 1.54) is 30.8 Å². The van der Waals surface area contributed by atoms with E-state index >= 15 is 0 Å². The molecule has 17 heavy (non-hydrogen) atoms. The Balaban J connectivity index is 2.15. The molecule has 0 aliphatic heterocycles. The number of nitrogens with one attached hydrogen (secondary N) is 1. The Hall–Kier alpha value is -0.870. The van der Waals surface area contributed by atoms with Crippen LogP contribution in [0, 0.1) is 0 Å². The van der Waals surface area contributed by atoms with Crippen LogP contribution in [-0.4, -0.2) is 41.9 Å². The van der Waals surface area contributed by atoms with Gasteiger partial charge >= 0.3 is 0 Å². The molecule has 0 aliphatic carbocycles. The van der Waals surface area contributed by atoms with Crippen LogP contribution in [0.25, 0.3) is 0 Å². The van der Waals surface area contributed by atoms with E-state index in [0.29, 0.717) is 0 Å². The summed E-state index contributed by atoms with van der Waals surface area (Å²) in [6.07, 6.45) is 3.50. The van der Waals surface area contributed by atoms with E-state index < -0.39 is 0 Å². The maximum atomic E-state index is 4.44. The van der Waals surface area contributed by atoms with Crippen molar-refractivity contribution in [1.82, 2.24) is 20.0 Å². The van der Waals surface area contributed by atoms with Gasteiger partial charge in [-0.05, 0) is 52.5 Å². The van der Waals surface area contributed by atoms with Gasteiger partial charge in [-0.25, -0.2) is 0 Å². The molecule has 1 aromatic heterocycles. The SMILES string of the molecule is CCc1cc(CNCCCCN(C)C)n(C)n1. The molecular formula is C13H26N4. The van der Waals surface area contributed by atoms with Crippen LogP contribution < -0.4 is 5.32 Å². The lowest BCUT2D eigenvalue weighted by atomic mass is 10.3. The number of hydrogen-bond acceptors (Lipinski definition) is 3. The lowest BCUT2D eigenvalue weighted by Gasteiger charge is -2.09. The minimum Gasteiger partial charge on any atom is -0.311 e. The molecule has 1 rings (SSSR count). The number of aromatic nitrogens is 2. The average molecular weight is 238 g/mol. The third-order valence-corrected chi connectivity index (χ3v) is 2.90. The first-order valence-corrected chi connectivity index (χ1v) is 6.50. The molecule has 0 fully saturated rings. The van der Waals surface area contributed by atoms with E-state index in [9.17, 15) is 0 Å². The average Bonchev–Trinajstić information content (AvgIpc) is 2.64. The van der Waals surface area contributed by atoms with Crippen LogP contribution in [0.3, 0.4) is 0 Å². The number of hydrogen-bond donors (Lipinski definition) is 1. The van der Waals surface area contributed by atoms with E-state index in [1.54, 1.807) is 0 Å². The summed E-state index contributed by atoms with van der Waals surface area (Å²) in [5.41, 5.74) is 2.45. The largest absolute Gasteiger partial charge is 0.311 e. The summed E-state index contributed by atoms with van der Waals surface area (Å²) in [5, 5.41) is 7.91. The Labute approximate surface area is 105 Å². The lowest BCUT2D eigenvalue weighted by molar-refractivity contribution is 0.391. The molecule has 0 amide bonds. The van der Waals surface area contributed by atoms with Crippen LogP contribution >= 0.6 is 0 Å². The maximum Gasteiger partial charge on any atom is 0.0625 e. The molecule has 98 valence electrons. The molecule has 4 heteroatoms. The smallest absolute Gasteiger partial charge is 0.0625 e. The lowest BCUT2D eigenvalue weighted by Crippen LogP contribution is -2.19. The minimum atomic E-state index is 0.922. The van der Waals surface area contributed by atoms with Crippen LogP contribution in [0.4, 0.5) is 0 Å². The minimum absolute atomic E-state index is 0.922. The second-order valence-electron chi connectivity index (χ2n) is 4.79. The van der Waals surface area contributed by atoms with Gasteiger partial charge in [0.1, 0.15) is 0 Å². The zero-order chi connectivity index (χ0) is 12.7. The van der Waals surface area contributed by atoms with Crippen LogP contribution in [0.15, 0.2) is 6.07 Å². The number of aryl methyl sites for hydroxylation is 2. The highest BCUT2D eigenvalue weighted by Gasteiger charge is 2.02. The molecule has 4 nitrogen and oxygen atoms in total. The van der Waals surface area contributed by atoms with E-state index in [2.05, 4.69) is 42.4 Å². The molecule has 0 spiro atoms. The van der Waals surface area contributed by atoms with Crippen molar-refractivity contribution in [1.29, 1.82) is 0 Å². The summed E-state index contributed by atoms with van der Waals surface area (Å²) in [5.74, 6) is 0. The number of rotatable bonds is 8. The van der Waals surface area contributed by atoms with E-state index in [-0.39, 0.29) is 0 Å². The Kier molecular flexibility index (Phi) is 6.22. The fraction of sp³-hybridized carbons (Fsp3) is 0.769. The Morgan fingerprint density at radius 2 is 2.12 bits per heavy atom. The van der Waals surface area contributed by atoms with Gasteiger partial charge in [-0.15, -0.1) is 0 Å². The van der Waals surface area contributed by atoms with Crippen molar-refractivity contribution in [3.8, 4) is 0 Å². The van der Waals surface area contributed by atoms with Crippen LogP contribution in [0.1, 0.15) is 31.2 Å². The molecule has 0 atom stereocenters. The first kappa shape index (κ1) is 14.2. The van der Waals surface area contributed by atoms with Crippen LogP contribution in [-0.2, 0) is 20.0 Å². The number of unbranched alkanes of at least 4 members (excludes halogenated alkanes) is 1. The Morgan fingerprint density at radius 1 is 1.35 bits per heavy atom. The standard InChI is InChI=1S/C13H26N4/c1-5-12-10-13(17(4)15-12)11-14-8-6-7-9-16(2)3/h10,14H,5-9,11H2,1-4H3. The van der Waals surface area contributed by atoms with Crippen molar-refractivity contribution in [3.63, 3.8) is 0 Å². The molecule has 0 aromatic carbocycles. The summed E-state index contributed by atoms with van der Waals surface area (Å²) in [6, 6.07) is 2.19. The zero-order valence-corrected chi connectivity index (χ0v) is 11.7. The highest BCUT2D eigenvalue weighted by atomic mass is 15.3. The van der Waals surface area contributed by atoms with E-state index in [0.717, 1.165) is 19.5 Å².